The van der Waals surface area contributed by atoms with Crippen molar-refractivity contribution in [3.63, 3.8) is 0 Å². The normalized spacial score (nSPS) is 31.2. The maximum atomic E-state index is 6.55. The Balaban J connectivity index is 1.36. The van der Waals surface area contributed by atoms with Crippen LogP contribution in [0.1, 0.15) is 64.2 Å². The second-order valence-corrected chi connectivity index (χ2v) is 11.3. The summed E-state index contributed by atoms with van der Waals surface area (Å²) < 4.78 is 0. The van der Waals surface area contributed by atoms with Gasteiger partial charge in [0.05, 0.1) is 10.7 Å². The molecule has 0 bridgehead atoms. The van der Waals surface area contributed by atoms with Gasteiger partial charge in [0.2, 0.25) is 0 Å². The van der Waals surface area contributed by atoms with Crippen molar-refractivity contribution in [2.75, 3.05) is 5.75 Å². The van der Waals surface area contributed by atoms with Crippen molar-refractivity contribution < 1.29 is 0 Å². The van der Waals surface area contributed by atoms with Crippen LogP contribution in [0.2, 0.25) is 0 Å². The molecule has 2 nitrogen and oxygen atoms in total. The van der Waals surface area contributed by atoms with Crippen LogP contribution < -0.4 is 5.73 Å². The van der Waals surface area contributed by atoms with Crippen molar-refractivity contribution >= 4 is 28.6 Å². The van der Waals surface area contributed by atoms with E-state index >= 15 is 0 Å². The minimum absolute atomic E-state index is 0.317. The first kappa shape index (κ1) is 19.1. The Hall–Kier alpha value is -0.870. The van der Waals surface area contributed by atoms with Gasteiger partial charge in [-0.05, 0) is 55.6 Å². The van der Waals surface area contributed by atoms with Gasteiger partial charge < -0.3 is 5.73 Å². The number of rotatable bonds is 4. The highest BCUT2D eigenvalue weighted by molar-refractivity contribution is 8.17. The molecule has 150 valence electrons. The van der Waals surface area contributed by atoms with Crippen LogP contribution >= 0.6 is 23.5 Å². The smallest absolute Gasteiger partial charge is 0.0817 e. The number of hydrogen-bond donors (Lipinski definition) is 1. The molecule has 0 aromatic carbocycles. The van der Waals surface area contributed by atoms with Gasteiger partial charge in [-0.3, -0.25) is 0 Å². The fraction of sp³-hybridized carbons (Fsp3) is 0.625. The van der Waals surface area contributed by atoms with E-state index in [1.54, 1.807) is 0 Å². The Kier molecular flexibility index (Phi) is 5.78. The van der Waals surface area contributed by atoms with E-state index in [0.717, 1.165) is 11.6 Å². The lowest BCUT2D eigenvalue weighted by Crippen LogP contribution is -2.32. The standard InChI is InChI=1S/C24H32N2S2/c25-18-11-13-21-23-19(26-24(28-21)17-9-5-2-6-10-17)12-14-20(22(18)23)27-15-16-7-3-1-4-8-16/h11-14,16-17,20,22H,1-10,15,25H2. The van der Waals surface area contributed by atoms with E-state index in [9.17, 15) is 0 Å². The molecule has 1 aliphatic heterocycles. The average Bonchev–Trinajstić information content (AvgIpc) is 2.76. The van der Waals surface area contributed by atoms with Gasteiger partial charge in [0, 0.05) is 33.3 Å². The quantitative estimate of drug-likeness (QED) is 0.567. The topological polar surface area (TPSA) is 38.4 Å². The number of thioether (sulfide) groups is 2. The second kappa shape index (κ2) is 8.47. The highest BCUT2D eigenvalue weighted by Crippen LogP contribution is 2.50. The van der Waals surface area contributed by atoms with Crippen LogP contribution in [0.15, 0.2) is 51.2 Å². The number of aliphatic imine (C=N–C) groups is 1. The van der Waals surface area contributed by atoms with E-state index in [4.69, 9.17) is 10.7 Å². The van der Waals surface area contributed by atoms with Crippen LogP contribution in [0.4, 0.5) is 0 Å². The fourth-order valence-corrected chi connectivity index (χ4v) is 8.18. The third-order valence-electron chi connectivity index (χ3n) is 7.06. The lowest BCUT2D eigenvalue weighted by atomic mass is 9.83. The van der Waals surface area contributed by atoms with Gasteiger partial charge >= 0.3 is 0 Å². The molecular weight excluding hydrogens is 380 g/mol. The molecule has 4 aliphatic carbocycles. The summed E-state index contributed by atoms with van der Waals surface area (Å²) in [6.07, 6.45) is 23.0. The Morgan fingerprint density at radius 1 is 1.00 bits per heavy atom. The number of allylic oxidation sites excluding steroid dienone is 5. The van der Waals surface area contributed by atoms with Crippen LogP contribution in [0, 0.1) is 17.8 Å². The molecule has 4 heteroatoms. The van der Waals surface area contributed by atoms with Gasteiger partial charge in [0.15, 0.2) is 0 Å². The van der Waals surface area contributed by atoms with Crippen LogP contribution in [0.3, 0.4) is 0 Å². The van der Waals surface area contributed by atoms with Crippen LogP contribution in [0.5, 0.6) is 0 Å². The maximum Gasteiger partial charge on any atom is 0.0817 e. The molecule has 2 atom stereocenters. The molecule has 0 saturated heterocycles. The third-order valence-corrected chi connectivity index (χ3v) is 9.75. The minimum Gasteiger partial charge on any atom is -0.401 e. The van der Waals surface area contributed by atoms with E-state index in [0.29, 0.717) is 17.1 Å². The summed E-state index contributed by atoms with van der Waals surface area (Å²) in [4.78, 5) is 6.58. The number of nitrogens with two attached hydrogens (primary N) is 1. The van der Waals surface area contributed by atoms with Crippen molar-refractivity contribution in [1.29, 1.82) is 0 Å². The summed E-state index contributed by atoms with van der Waals surface area (Å²) in [5, 5.41) is 1.82. The van der Waals surface area contributed by atoms with E-state index in [2.05, 4.69) is 36.1 Å². The summed E-state index contributed by atoms with van der Waals surface area (Å²) in [6, 6.07) is 0. The van der Waals surface area contributed by atoms with Crippen LogP contribution in [-0.4, -0.2) is 16.0 Å². The zero-order valence-corrected chi connectivity index (χ0v) is 18.4. The van der Waals surface area contributed by atoms with Gasteiger partial charge in [-0.15, -0.1) is 0 Å². The van der Waals surface area contributed by atoms with Crippen molar-refractivity contribution in [3.05, 3.63) is 46.2 Å². The zero-order chi connectivity index (χ0) is 18.9. The monoisotopic (exact) mass is 412 g/mol. The number of hydrogen-bond acceptors (Lipinski definition) is 4. The molecule has 1 heterocycles. The summed E-state index contributed by atoms with van der Waals surface area (Å²) in [7, 11) is 0. The van der Waals surface area contributed by atoms with Crippen molar-refractivity contribution in [3.8, 4) is 0 Å². The molecule has 2 fully saturated rings. The van der Waals surface area contributed by atoms with E-state index < -0.39 is 0 Å². The van der Waals surface area contributed by atoms with Gasteiger partial charge in [-0.2, -0.15) is 11.8 Å². The Labute approximate surface area is 178 Å². The van der Waals surface area contributed by atoms with Crippen LogP contribution in [0.25, 0.3) is 0 Å². The van der Waals surface area contributed by atoms with Crippen LogP contribution in [-0.2, 0) is 0 Å². The molecule has 28 heavy (non-hydrogen) atoms. The lowest BCUT2D eigenvalue weighted by Gasteiger charge is -2.38. The number of nitrogens with zero attached hydrogens (tertiary/aromatic N) is 1. The summed E-state index contributed by atoms with van der Waals surface area (Å²) in [5.41, 5.74) is 10.2. The van der Waals surface area contributed by atoms with E-state index in [1.165, 1.54) is 91.2 Å². The maximum absolute atomic E-state index is 6.55. The summed E-state index contributed by atoms with van der Waals surface area (Å²) in [6.45, 7) is 0. The zero-order valence-electron chi connectivity index (χ0n) is 16.7. The molecule has 0 aromatic heterocycles. The molecule has 2 N–H and O–H groups in total. The molecular formula is C24H32N2S2. The van der Waals surface area contributed by atoms with Gasteiger partial charge in [0.25, 0.3) is 0 Å². The predicted octanol–water partition coefficient (Wildman–Crippen LogP) is 6.57. The highest BCUT2D eigenvalue weighted by Gasteiger charge is 2.38. The van der Waals surface area contributed by atoms with Gasteiger partial charge in [-0.1, -0.05) is 56.4 Å². The Morgan fingerprint density at radius 2 is 1.75 bits per heavy atom. The highest BCUT2D eigenvalue weighted by atomic mass is 32.2. The second-order valence-electron chi connectivity index (χ2n) is 9.02. The van der Waals surface area contributed by atoms with Crippen molar-refractivity contribution in [2.24, 2.45) is 28.5 Å². The third kappa shape index (κ3) is 3.79. The van der Waals surface area contributed by atoms with E-state index in [-0.39, 0.29) is 0 Å². The molecule has 5 aliphatic rings. The molecule has 2 unspecified atom stereocenters. The summed E-state index contributed by atoms with van der Waals surface area (Å²) in [5.74, 6) is 3.17. The minimum atomic E-state index is 0.317. The first-order chi connectivity index (χ1) is 13.8. The van der Waals surface area contributed by atoms with Crippen molar-refractivity contribution in [1.82, 2.24) is 0 Å². The summed E-state index contributed by atoms with van der Waals surface area (Å²) >= 11 is 4.07. The largest absolute Gasteiger partial charge is 0.401 e. The Bertz CT molecular complexity index is 761. The lowest BCUT2D eigenvalue weighted by molar-refractivity contribution is 0.390. The van der Waals surface area contributed by atoms with Gasteiger partial charge in [-0.25, -0.2) is 4.99 Å². The average molecular weight is 413 g/mol. The molecule has 0 aromatic rings. The molecule has 0 amide bonds. The molecule has 5 rings (SSSR count). The van der Waals surface area contributed by atoms with E-state index in [1.807, 2.05) is 11.8 Å². The Morgan fingerprint density at radius 3 is 2.54 bits per heavy atom. The predicted molar refractivity (Wildman–Crippen MR) is 124 cm³/mol. The molecule has 0 radical (unpaired) electrons. The fourth-order valence-electron chi connectivity index (χ4n) is 5.43. The molecule has 2 saturated carbocycles. The molecule has 0 spiro atoms. The van der Waals surface area contributed by atoms with Gasteiger partial charge in [0.1, 0.15) is 0 Å². The SMILES string of the molecule is NC1=CC=C2SC(C3CCCCC3)=NC3=C2C1C(SCC1CCCCC1)C=C3. The first-order valence-corrected chi connectivity index (χ1v) is 13.1. The first-order valence-electron chi connectivity index (χ1n) is 11.3. The van der Waals surface area contributed by atoms with Crippen molar-refractivity contribution in [2.45, 2.75) is 69.5 Å².